The van der Waals surface area contributed by atoms with E-state index >= 15 is 0 Å². The van der Waals surface area contributed by atoms with Crippen molar-refractivity contribution in [3.63, 3.8) is 0 Å². The number of nitrogens with two attached hydrogens (primary N) is 2. The standard InChI is InChI=1S/C32H69N4.ClH/c1-4-6-8-10-12-14-16-18-20-22-24-26-29-36(3,31-28-35-32(33)34)30-27-25-23-21-19-17-15-13-11-9-7-5-2;/h4-31H2,1-3H3,(H4,33,34,35);1H/q+1;/p-1. The number of nitrogens with zero attached hydrogens (tertiary/aromatic N) is 2. The Morgan fingerprint density at radius 1 is 0.459 bits per heavy atom. The van der Waals surface area contributed by atoms with Crippen LogP contribution in [0.5, 0.6) is 0 Å². The van der Waals surface area contributed by atoms with Crippen LogP contribution in [0, 0.1) is 0 Å². The van der Waals surface area contributed by atoms with E-state index in [1.165, 1.54) is 167 Å². The number of quaternary nitrogens is 1. The number of likely N-dealkylation sites (N-methyl/N-ethyl adjacent to an activating group) is 1. The molecule has 0 saturated carbocycles. The molecule has 0 amide bonds. The second-order valence-corrected chi connectivity index (χ2v) is 11.9. The average molecular weight is 545 g/mol. The van der Waals surface area contributed by atoms with Crippen LogP contribution >= 0.6 is 0 Å². The van der Waals surface area contributed by atoms with Gasteiger partial charge in [0.05, 0.1) is 33.2 Å². The minimum absolute atomic E-state index is 0. The molecule has 0 aromatic rings. The maximum Gasteiger partial charge on any atom is 0.186 e. The maximum absolute atomic E-state index is 5.58. The van der Waals surface area contributed by atoms with Crippen LogP contribution in [0.2, 0.25) is 0 Å². The summed E-state index contributed by atoms with van der Waals surface area (Å²) in [5, 5.41) is 0. The Kier molecular flexibility index (Phi) is 31.4. The summed E-state index contributed by atoms with van der Waals surface area (Å²) in [4.78, 5) is 4.29. The second kappa shape index (κ2) is 30.1. The number of unbranched alkanes of at least 4 members (excludes halogenated alkanes) is 22. The monoisotopic (exact) mass is 545 g/mol. The van der Waals surface area contributed by atoms with Crippen LogP contribution in [-0.2, 0) is 0 Å². The topological polar surface area (TPSA) is 64.4 Å². The van der Waals surface area contributed by atoms with E-state index < -0.39 is 0 Å². The molecule has 0 bridgehead atoms. The number of hydrogen-bond acceptors (Lipinski definition) is 1. The van der Waals surface area contributed by atoms with Gasteiger partial charge in [0.25, 0.3) is 0 Å². The highest BCUT2D eigenvalue weighted by atomic mass is 35.5. The van der Waals surface area contributed by atoms with E-state index in [-0.39, 0.29) is 18.4 Å². The highest BCUT2D eigenvalue weighted by molar-refractivity contribution is 5.75. The SMILES string of the molecule is CCCCCCCCCCCCCC[N+](C)(CCCCCCCCCCCCCC)CCN=C(N)N.[Cl-]. The Bertz CT molecular complexity index is 438. The largest absolute Gasteiger partial charge is 1.00 e. The van der Waals surface area contributed by atoms with Crippen LogP contribution in [0.25, 0.3) is 0 Å². The molecule has 0 rings (SSSR count). The summed E-state index contributed by atoms with van der Waals surface area (Å²) in [5.41, 5.74) is 11.2. The fourth-order valence-corrected chi connectivity index (χ4v) is 5.42. The molecule has 0 aromatic heterocycles. The second-order valence-electron chi connectivity index (χ2n) is 11.9. The first-order valence-electron chi connectivity index (χ1n) is 16.4. The van der Waals surface area contributed by atoms with E-state index in [9.17, 15) is 0 Å². The summed E-state index contributed by atoms with van der Waals surface area (Å²) >= 11 is 0. The summed E-state index contributed by atoms with van der Waals surface area (Å²) in [6.07, 6.45) is 34.0. The third-order valence-corrected chi connectivity index (χ3v) is 8.04. The Morgan fingerprint density at radius 3 is 1.00 bits per heavy atom. The molecule has 0 unspecified atom stereocenters. The van der Waals surface area contributed by atoms with Gasteiger partial charge >= 0.3 is 0 Å². The number of halogens is 1. The number of aliphatic imine (C=N–C) groups is 1. The van der Waals surface area contributed by atoms with Gasteiger partial charge in [-0.2, -0.15) is 0 Å². The van der Waals surface area contributed by atoms with Crippen molar-refractivity contribution in [1.82, 2.24) is 0 Å². The summed E-state index contributed by atoms with van der Waals surface area (Å²) in [7, 11) is 2.43. The molecular formula is C32H69ClN4. The fraction of sp³-hybridized carbons (Fsp3) is 0.969. The first-order valence-corrected chi connectivity index (χ1v) is 16.4. The van der Waals surface area contributed by atoms with Crippen molar-refractivity contribution in [2.24, 2.45) is 16.5 Å². The van der Waals surface area contributed by atoms with Crippen LogP contribution < -0.4 is 23.9 Å². The Hall–Kier alpha value is -0.480. The van der Waals surface area contributed by atoms with Gasteiger partial charge in [0.1, 0.15) is 0 Å². The summed E-state index contributed by atoms with van der Waals surface area (Å²) < 4.78 is 1.13. The van der Waals surface area contributed by atoms with Crippen molar-refractivity contribution < 1.29 is 16.9 Å². The maximum atomic E-state index is 5.58. The van der Waals surface area contributed by atoms with E-state index in [4.69, 9.17) is 11.5 Å². The van der Waals surface area contributed by atoms with Gasteiger partial charge in [-0.25, -0.2) is 4.99 Å². The van der Waals surface area contributed by atoms with Gasteiger partial charge < -0.3 is 28.4 Å². The molecule has 0 atom stereocenters. The average Bonchev–Trinajstić information content (AvgIpc) is 2.85. The molecule has 224 valence electrons. The van der Waals surface area contributed by atoms with Crippen molar-refractivity contribution in [3.05, 3.63) is 0 Å². The van der Waals surface area contributed by atoms with Gasteiger partial charge in [-0.05, 0) is 25.7 Å². The normalized spacial score (nSPS) is 11.4. The minimum Gasteiger partial charge on any atom is -1.00 e. The van der Waals surface area contributed by atoms with Crippen molar-refractivity contribution >= 4 is 5.96 Å². The van der Waals surface area contributed by atoms with Gasteiger partial charge in [0.2, 0.25) is 0 Å². The van der Waals surface area contributed by atoms with Crippen molar-refractivity contribution in [1.29, 1.82) is 0 Å². The molecular weight excluding hydrogens is 476 g/mol. The smallest absolute Gasteiger partial charge is 0.186 e. The highest BCUT2D eigenvalue weighted by Crippen LogP contribution is 2.16. The zero-order valence-electron chi connectivity index (χ0n) is 25.7. The summed E-state index contributed by atoms with van der Waals surface area (Å²) in [5.74, 6) is 0.234. The molecule has 0 heterocycles. The number of rotatable bonds is 29. The highest BCUT2D eigenvalue weighted by Gasteiger charge is 2.20. The lowest BCUT2D eigenvalue weighted by Crippen LogP contribution is -3.00. The Labute approximate surface area is 240 Å². The van der Waals surface area contributed by atoms with Crippen molar-refractivity contribution in [2.45, 2.75) is 168 Å². The van der Waals surface area contributed by atoms with Gasteiger partial charge in [-0.1, -0.05) is 142 Å². The zero-order valence-corrected chi connectivity index (χ0v) is 26.5. The van der Waals surface area contributed by atoms with E-state index in [2.05, 4.69) is 25.9 Å². The van der Waals surface area contributed by atoms with Crippen molar-refractivity contribution in [3.8, 4) is 0 Å². The summed E-state index contributed by atoms with van der Waals surface area (Å²) in [6.45, 7) is 8.96. The van der Waals surface area contributed by atoms with E-state index in [1.54, 1.807) is 0 Å². The van der Waals surface area contributed by atoms with Gasteiger partial charge in [0, 0.05) is 0 Å². The lowest BCUT2D eigenvalue weighted by atomic mass is 10.0. The molecule has 37 heavy (non-hydrogen) atoms. The first kappa shape index (κ1) is 38.7. The molecule has 0 saturated heterocycles. The number of guanidine groups is 1. The van der Waals surface area contributed by atoms with Crippen LogP contribution in [-0.4, -0.2) is 43.7 Å². The third kappa shape index (κ3) is 29.9. The molecule has 0 aliphatic heterocycles. The molecule has 0 spiro atoms. The number of hydrogen-bond donors (Lipinski definition) is 2. The van der Waals surface area contributed by atoms with E-state index in [1.807, 2.05) is 0 Å². The first-order chi connectivity index (χ1) is 17.5. The molecule has 4 N–H and O–H groups in total. The fourth-order valence-electron chi connectivity index (χ4n) is 5.42. The zero-order chi connectivity index (χ0) is 26.6. The van der Waals surface area contributed by atoms with Crippen LogP contribution in [0.1, 0.15) is 168 Å². The van der Waals surface area contributed by atoms with Crippen LogP contribution in [0.3, 0.4) is 0 Å². The Morgan fingerprint density at radius 2 is 0.730 bits per heavy atom. The Balaban J connectivity index is 0. The minimum atomic E-state index is 0. The molecule has 0 aromatic carbocycles. The third-order valence-electron chi connectivity index (χ3n) is 8.04. The molecule has 0 radical (unpaired) electrons. The van der Waals surface area contributed by atoms with E-state index in [0.29, 0.717) is 0 Å². The predicted molar refractivity (Wildman–Crippen MR) is 164 cm³/mol. The molecule has 4 nitrogen and oxygen atoms in total. The predicted octanol–water partition coefficient (Wildman–Crippen LogP) is 6.11. The van der Waals surface area contributed by atoms with Gasteiger partial charge in [-0.3, -0.25) is 0 Å². The van der Waals surface area contributed by atoms with Crippen LogP contribution in [0.15, 0.2) is 4.99 Å². The molecule has 0 aliphatic carbocycles. The summed E-state index contributed by atoms with van der Waals surface area (Å²) in [6, 6.07) is 0. The van der Waals surface area contributed by atoms with E-state index in [0.717, 1.165) is 17.6 Å². The molecule has 0 fully saturated rings. The lowest BCUT2D eigenvalue weighted by Gasteiger charge is -2.34. The lowest BCUT2D eigenvalue weighted by molar-refractivity contribution is -0.908. The van der Waals surface area contributed by atoms with Gasteiger partial charge in [0.15, 0.2) is 5.96 Å². The molecule has 0 aliphatic rings. The van der Waals surface area contributed by atoms with Crippen molar-refractivity contribution in [2.75, 3.05) is 33.2 Å². The van der Waals surface area contributed by atoms with Gasteiger partial charge in [-0.15, -0.1) is 0 Å². The quantitative estimate of drug-likeness (QED) is 0.0516. The molecule has 5 heteroatoms. The van der Waals surface area contributed by atoms with Crippen LogP contribution in [0.4, 0.5) is 0 Å².